The van der Waals surface area contributed by atoms with Crippen LogP contribution in [-0.2, 0) is 28.6 Å². The van der Waals surface area contributed by atoms with Crippen LogP contribution in [0.1, 0.15) is 213 Å². The van der Waals surface area contributed by atoms with Gasteiger partial charge in [0.2, 0.25) is 0 Å². The SMILES string of the molecule is CC/C=C\C/C=C\C/C=C\CCCCCC(=O)OCC(COC(=O)CCCCCCCCCCCCC)OC(=O)CCCCCCC/C=C\CCCC. The summed E-state index contributed by atoms with van der Waals surface area (Å²) >= 11 is 0. The van der Waals surface area contributed by atoms with Crippen LogP contribution in [0.2, 0.25) is 0 Å². The Morgan fingerprint density at radius 1 is 0.396 bits per heavy atom. The van der Waals surface area contributed by atoms with Crippen LogP contribution in [0.25, 0.3) is 0 Å². The summed E-state index contributed by atoms with van der Waals surface area (Å²) in [6, 6.07) is 0. The first-order valence-electron chi connectivity index (χ1n) is 22.1. The van der Waals surface area contributed by atoms with Gasteiger partial charge in [-0.3, -0.25) is 14.4 Å². The fraction of sp³-hybridized carbons (Fsp3) is 0.766. The average Bonchev–Trinajstić information content (AvgIpc) is 3.15. The van der Waals surface area contributed by atoms with Crippen molar-refractivity contribution >= 4 is 17.9 Å². The maximum atomic E-state index is 12.7. The van der Waals surface area contributed by atoms with Gasteiger partial charge in [0.25, 0.3) is 0 Å². The van der Waals surface area contributed by atoms with E-state index in [1.54, 1.807) is 0 Å². The van der Waals surface area contributed by atoms with Crippen molar-refractivity contribution in [1.82, 2.24) is 0 Å². The molecule has 1 atom stereocenters. The van der Waals surface area contributed by atoms with Gasteiger partial charge >= 0.3 is 17.9 Å². The topological polar surface area (TPSA) is 78.9 Å². The van der Waals surface area contributed by atoms with E-state index < -0.39 is 6.10 Å². The average molecular weight is 743 g/mol. The van der Waals surface area contributed by atoms with Crippen LogP contribution < -0.4 is 0 Å². The minimum Gasteiger partial charge on any atom is -0.462 e. The van der Waals surface area contributed by atoms with E-state index in [0.29, 0.717) is 19.3 Å². The van der Waals surface area contributed by atoms with Gasteiger partial charge in [-0.2, -0.15) is 0 Å². The zero-order valence-corrected chi connectivity index (χ0v) is 34.8. The van der Waals surface area contributed by atoms with E-state index in [0.717, 1.165) is 96.3 Å². The Labute approximate surface area is 327 Å². The molecular weight excluding hydrogens is 661 g/mol. The molecule has 6 heteroatoms. The number of carbonyl (C=O) groups is 3. The Hall–Kier alpha value is -2.63. The molecule has 6 nitrogen and oxygen atoms in total. The van der Waals surface area contributed by atoms with Crippen LogP contribution in [0.4, 0.5) is 0 Å². The highest BCUT2D eigenvalue weighted by Gasteiger charge is 2.19. The van der Waals surface area contributed by atoms with E-state index in [1.807, 2.05) is 0 Å². The minimum absolute atomic E-state index is 0.0847. The number of allylic oxidation sites excluding steroid dienone is 8. The predicted molar refractivity (Wildman–Crippen MR) is 224 cm³/mol. The molecule has 0 N–H and O–H groups in total. The lowest BCUT2D eigenvalue weighted by molar-refractivity contribution is -0.167. The molecule has 0 amide bonds. The van der Waals surface area contributed by atoms with E-state index in [1.165, 1.54) is 77.0 Å². The summed E-state index contributed by atoms with van der Waals surface area (Å²) in [7, 11) is 0. The molecule has 0 radical (unpaired) electrons. The van der Waals surface area contributed by atoms with Crippen molar-refractivity contribution in [2.45, 2.75) is 219 Å². The van der Waals surface area contributed by atoms with Crippen molar-refractivity contribution in [2.24, 2.45) is 0 Å². The quantitative estimate of drug-likeness (QED) is 0.0270. The van der Waals surface area contributed by atoms with E-state index >= 15 is 0 Å². The maximum absolute atomic E-state index is 12.7. The van der Waals surface area contributed by atoms with E-state index in [2.05, 4.69) is 69.4 Å². The third-order valence-electron chi connectivity index (χ3n) is 9.32. The third kappa shape index (κ3) is 40.4. The molecule has 1 unspecified atom stereocenters. The minimum atomic E-state index is -0.783. The lowest BCUT2D eigenvalue weighted by Gasteiger charge is -2.18. The highest BCUT2D eigenvalue weighted by atomic mass is 16.6. The van der Waals surface area contributed by atoms with Crippen molar-refractivity contribution in [1.29, 1.82) is 0 Å². The molecule has 0 bridgehead atoms. The summed E-state index contributed by atoms with van der Waals surface area (Å²) in [4.78, 5) is 37.6. The normalized spacial score (nSPS) is 12.4. The Balaban J connectivity index is 4.43. The van der Waals surface area contributed by atoms with E-state index in [-0.39, 0.29) is 31.1 Å². The molecule has 0 spiro atoms. The fourth-order valence-corrected chi connectivity index (χ4v) is 5.97. The predicted octanol–water partition coefficient (Wildman–Crippen LogP) is 14.0. The van der Waals surface area contributed by atoms with Crippen molar-refractivity contribution in [3.8, 4) is 0 Å². The molecule has 0 aliphatic heterocycles. The molecule has 0 fully saturated rings. The summed E-state index contributed by atoms with van der Waals surface area (Å²) in [5.41, 5.74) is 0. The zero-order valence-electron chi connectivity index (χ0n) is 34.8. The van der Waals surface area contributed by atoms with Gasteiger partial charge in [-0.1, -0.05) is 172 Å². The molecule has 0 aromatic heterocycles. The molecule has 0 aliphatic carbocycles. The zero-order chi connectivity index (χ0) is 38.7. The molecule has 0 aliphatic rings. The summed E-state index contributed by atoms with van der Waals surface area (Å²) in [5, 5.41) is 0. The third-order valence-corrected chi connectivity index (χ3v) is 9.32. The molecule has 0 rings (SSSR count). The maximum Gasteiger partial charge on any atom is 0.306 e. The lowest BCUT2D eigenvalue weighted by Crippen LogP contribution is -2.30. The lowest BCUT2D eigenvalue weighted by atomic mass is 10.1. The standard InChI is InChI=1S/C47H82O6/c1-4-7-10-13-16-19-22-23-26-28-31-34-37-40-46(49)52-43-44(53-47(50)41-38-35-32-29-25-21-18-15-12-9-6-3)42-51-45(48)39-36-33-30-27-24-20-17-14-11-8-5-2/h7,10,15-16,18-19,23,26,44H,4-6,8-9,11-14,17,20-22,24-25,27-43H2,1-3H3/b10-7-,18-15-,19-16-,26-23-. The van der Waals surface area contributed by atoms with Crippen LogP contribution in [0.5, 0.6) is 0 Å². The first kappa shape index (κ1) is 50.4. The molecule has 0 aromatic carbocycles. The second-order valence-corrected chi connectivity index (χ2v) is 14.6. The largest absolute Gasteiger partial charge is 0.462 e. The first-order valence-corrected chi connectivity index (χ1v) is 22.1. The number of esters is 3. The van der Waals surface area contributed by atoms with Gasteiger partial charge in [0.15, 0.2) is 6.10 Å². The number of hydrogen-bond acceptors (Lipinski definition) is 6. The highest BCUT2D eigenvalue weighted by molar-refractivity contribution is 5.71. The van der Waals surface area contributed by atoms with Crippen molar-refractivity contribution in [2.75, 3.05) is 13.2 Å². The summed E-state index contributed by atoms with van der Waals surface area (Å²) in [6.45, 7) is 6.43. The Morgan fingerprint density at radius 2 is 0.755 bits per heavy atom. The summed E-state index contributed by atoms with van der Waals surface area (Å²) in [5.74, 6) is -0.928. The molecule has 0 saturated carbocycles. The molecule has 306 valence electrons. The van der Waals surface area contributed by atoms with Gasteiger partial charge in [-0.25, -0.2) is 0 Å². The second-order valence-electron chi connectivity index (χ2n) is 14.6. The number of hydrogen-bond donors (Lipinski definition) is 0. The molecule has 0 aromatic rings. The van der Waals surface area contributed by atoms with Crippen LogP contribution in [0.3, 0.4) is 0 Å². The summed E-state index contributed by atoms with van der Waals surface area (Å²) < 4.78 is 16.6. The van der Waals surface area contributed by atoms with Crippen LogP contribution in [0, 0.1) is 0 Å². The number of ether oxygens (including phenoxy) is 3. The number of carbonyl (C=O) groups excluding carboxylic acids is 3. The molecular formula is C47H82O6. The number of rotatable bonds is 39. The van der Waals surface area contributed by atoms with Gasteiger partial charge in [0.05, 0.1) is 0 Å². The Bertz CT molecular complexity index is 949. The molecule has 53 heavy (non-hydrogen) atoms. The second kappa shape index (κ2) is 42.1. The highest BCUT2D eigenvalue weighted by Crippen LogP contribution is 2.14. The molecule has 0 saturated heterocycles. The van der Waals surface area contributed by atoms with Crippen LogP contribution in [-0.4, -0.2) is 37.2 Å². The van der Waals surface area contributed by atoms with Crippen LogP contribution in [0.15, 0.2) is 48.6 Å². The fourth-order valence-electron chi connectivity index (χ4n) is 5.97. The van der Waals surface area contributed by atoms with Crippen molar-refractivity contribution < 1.29 is 28.6 Å². The monoisotopic (exact) mass is 743 g/mol. The van der Waals surface area contributed by atoms with Gasteiger partial charge in [-0.05, 0) is 70.6 Å². The van der Waals surface area contributed by atoms with Gasteiger partial charge < -0.3 is 14.2 Å². The smallest absolute Gasteiger partial charge is 0.306 e. The summed E-state index contributed by atoms with van der Waals surface area (Å²) in [6.07, 6.45) is 48.1. The van der Waals surface area contributed by atoms with Gasteiger partial charge in [-0.15, -0.1) is 0 Å². The van der Waals surface area contributed by atoms with Crippen molar-refractivity contribution in [3.63, 3.8) is 0 Å². The van der Waals surface area contributed by atoms with Crippen LogP contribution >= 0.6 is 0 Å². The Morgan fingerprint density at radius 3 is 1.25 bits per heavy atom. The first-order chi connectivity index (χ1) is 26.0. The van der Waals surface area contributed by atoms with E-state index in [9.17, 15) is 14.4 Å². The van der Waals surface area contributed by atoms with E-state index in [4.69, 9.17) is 14.2 Å². The van der Waals surface area contributed by atoms with Gasteiger partial charge in [0, 0.05) is 19.3 Å². The number of unbranched alkanes of at least 4 members (excludes halogenated alkanes) is 20. The van der Waals surface area contributed by atoms with Crippen molar-refractivity contribution in [3.05, 3.63) is 48.6 Å². The molecule has 0 heterocycles. The Kier molecular flexibility index (Phi) is 40.0. The van der Waals surface area contributed by atoms with Gasteiger partial charge in [0.1, 0.15) is 13.2 Å².